The molecule has 1 aromatic carbocycles. The van der Waals surface area contributed by atoms with Gasteiger partial charge in [0.25, 0.3) is 0 Å². The van der Waals surface area contributed by atoms with Crippen molar-refractivity contribution in [2.75, 3.05) is 13.7 Å². The first-order valence-corrected chi connectivity index (χ1v) is 6.21. The minimum Gasteiger partial charge on any atom is -0.496 e. The Morgan fingerprint density at radius 1 is 1.47 bits per heavy atom. The summed E-state index contributed by atoms with van der Waals surface area (Å²) in [7, 11) is 1.73. The van der Waals surface area contributed by atoms with Gasteiger partial charge in [0.05, 0.1) is 7.11 Å². The molecule has 1 rings (SSSR count). The number of hydrogen-bond donors (Lipinski definition) is 1. The summed E-state index contributed by atoms with van der Waals surface area (Å²) in [5.41, 5.74) is 2.44. The largest absolute Gasteiger partial charge is 0.496 e. The maximum Gasteiger partial charge on any atom is 0.123 e. The quantitative estimate of drug-likeness (QED) is 0.726. The van der Waals surface area contributed by atoms with Crippen LogP contribution in [0.15, 0.2) is 30.9 Å². The first kappa shape index (κ1) is 13.8. The van der Waals surface area contributed by atoms with Crippen LogP contribution in [0.2, 0.25) is 0 Å². The second kappa shape index (κ2) is 7.13. The van der Waals surface area contributed by atoms with E-state index in [2.05, 4.69) is 43.9 Å². The minimum atomic E-state index is 0.294. The van der Waals surface area contributed by atoms with Crippen molar-refractivity contribution < 1.29 is 4.74 Å². The fourth-order valence-corrected chi connectivity index (χ4v) is 1.91. The summed E-state index contributed by atoms with van der Waals surface area (Å²) in [5.74, 6) is 0.959. The molecule has 0 aliphatic rings. The Balaban J connectivity index is 2.95. The van der Waals surface area contributed by atoms with E-state index in [4.69, 9.17) is 4.74 Å². The molecule has 1 aromatic rings. The van der Waals surface area contributed by atoms with Gasteiger partial charge in [0.15, 0.2) is 0 Å². The van der Waals surface area contributed by atoms with Crippen molar-refractivity contribution in [2.45, 2.75) is 32.7 Å². The third-order valence-corrected chi connectivity index (χ3v) is 2.81. The average molecular weight is 233 g/mol. The average Bonchev–Trinajstić information content (AvgIpc) is 2.34. The molecular formula is C15H23NO. The molecule has 0 amide bonds. The standard InChI is InChI=1S/C15H23NO/c1-5-7-14(16-10-6-2)13-9-8-12(3)11-15(13)17-4/h5,8-9,11,14,16H,1,6-7,10H2,2-4H3. The van der Waals surface area contributed by atoms with Gasteiger partial charge in [-0.3, -0.25) is 0 Å². The molecule has 0 saturated carbocycles. The summed E-state index contributed by atoms with van der Waals surface area (Å²) in [6, 6.07) is 6.65. The second-order valence-corrected chi connectivity index (χ2v) is 4.28. The Bertz CT molecular complexity index is 360. The number of aryl methyl sites for hydroxylation is 1. The summed E-state index contributed by atoms with van der Waals surface area (Å²) in [6.45, 7) is 9.08. The van der Waals surface area contributed by atoms with Gasteiger partial charge in [-0.05, 0) is 37.9 Å². The maximum atomic E-state index is 5.46. The highest BCUT2D eigenvalue weighted by atomic mass is 16.5. The Morgan fingerprint density at radius 3 is 2.82 bits per heavy atom. The number of rotatable bonds is 7. The van der Waals surface area contributed by atoms with Crippen molar-refractivity contribution >= 4 is 0 Å². The highest BCUT2D eigenvalue weighted by Crippen LogP contribution is 2.28. The first-order chi connectivity index (χ1) is 8.22. The van der Waals surface area contributed by atoms with Crippen LogP contribution in [0.4, 0.5) is 0 Å². The Hall–Kier alpha value is -1.28. The van der Waals surface area contributed by atoms with E-state index in [1.807, 2.05) is 6.08 Å². The zero-order valence-electron chi connectivity index (χ0n) is 11.1. The fourth-order valence-electron chi connectivity index (χ4n) is 1.91. The van der Waals surface area contributed by atoms with E-state index in [9.17, 15) is 0 Å². The fraction of sp³-hybridized carbons (Fsp3) is 0.467. The molecule has 1 N–H and O–H groups in total. The van der Waals surface area contributed by atoms with Gasteiger partial charge >= 0.3 is 0 Å². The molecule has 0 aromatic heterocycles. The number of nitrogens with one attached hydrogen (secondary N) is 1. The summed E-state index contributed by atoms with van der Waals surface area (Å²) >= 11 is 0. The van der Waals surface area contributed by atoms with Crippen LogP contribution in [0.1, 0.15) is 36.9 Å². The molecule has 1 unspecified atom stereocenters. The van der Waals surface area contributed by atoms with Gasteiger partial charge in [-0.2, -0.15) is 0 Å². The van der Waals surface area contributed by atoms with Gasteiger partial charge in [-0.1, -0.05) is 25.1 Å². The second-order valence-electron chi connectivity index (χ2n) is 4.28. The van der Waals surface area contributed by atoms with Crippen molar-refractivity contribution in [1.82, 2.24) is 5.32 Å². The predicted octanol–water partition coefficient (Wildman–Crippen LogP) is 3.62. The zero-order valence-corrected chi connectivity index (χ0v) is 11.1. The molecule has 94 valence electrons. The molecule has 2 heteroatoms. The molecule has 0 fully saturated rings. The lowest BCUT2D eigenvalue weighted by molar-refractivity contribution is 0.398. The summed E-state index contributed by atoms with van der Waals surface area (Å²) in [5, 5.41) is 3.53. The zero-order chi connectivity index (χ0) is 12.7. The van der Waals surface area contributed by atoms with E-state index in [1.54, 1.807) is 7.11 Å². The molecular weight excluding hydrogens is 210 g/mol. The lowest BCUT2D eigenvalue weighted by atomic mass is 10.0. The van der Waals surface area contributed by atoms with Crippen LogP contribution in [0.3, 0.4) is 0 Å². The van der Waals surface area contributed by atoms with E-state index < -0.39 is 0 Å². The highest BCUT2D eigenvalue weighted by molar-refractivity contribution is 5.39. The lowest BCUT2D eigenvalue weighted by Gasteiger charge is -2.20. The van der Waals surface area contributed by atoms with Crippen LogP contribution in [-0.4, -0.2) is 13.7 Å². The smallest absolute Gasteiger partial charge is 0.123 e. The number of benzene rings is 1. The van der Waals surface area contributed by atoms with Crippen LogP contribution in [0.5, 0.6) is 5.75 Å². The molecule has 0 spiro atoms. The molecule has 0 radical (unpaired) electrons. The molecule has 17 heavy (non-hydrogen) atoms. The third-order valence-electron chi connectivity index (χ3n) is 2.81. The van der Waals surface area contributed by atoms with Crippen LogP contribution >= 0.6 is 0 Å². The third kappa shape index (κ3) is 3.90. The van der Waals surface area contributed by atoms with Crippen molar-refractivity contribution in [2.24, 2.45) is 0 Å². The molecule has 1 atom stereocenters. The van der Waals surface area contributed by atoms with E-state index in [0.717, 1.165) is 25.1 Å². The number of hydrogen-bond acceptors (Lipinski definition) is 2. The molecule has 0 aliphatic carbocycles. The molecule has 2 nitrogen and oxygen atoms in total. The topological polar surface area (TPSA) is 21.3 Å². The van der Waals surface area contributed by atoms with Crippen LogP contribution in [0, 0.1) is 6.92 Å². The lowest BCUT2D eigenvalue weighted by Crippen LogP contribution is -2.22. The molecule has 0 bridgehead atoms. The van der Waals surface area contributed by atoms with Gasteiger partial charge in [0.2, 0.25) is 0 Å². The highest BCUT2D eigenvalue weighted by Gasteiger charge is 2.13. The van der Waals surface area contributed by atoms with Crippen LogP contribution in [-0.2, 0) is 0 Å². The first-order valence-electron chi connectivity index (χ1n) is 6.21. The van der Waals surface area contributed by atoms with Crippen molar-refractivity contribution in [1.29, 1.82) is 0 Å². The van der Waals surface area contributed by atoms with Crippen molar-refractivity contribution in [3.8, 4) is 5.75 Å². The van der Waals surface area contributed by atoms with Gasteiger partial charge in [-0.25, -0.2) is 0 Å². The Morgan fingerprint density at radius 2 is 2.24 bits per heavy atom. The minimum absolute atomic E-state index is 0.294. The van der Waals surface area contributed by atoms with Crippen molar-refractivity contribution in [3.05, 3.63) is 42.0 Å². The van der Waals surface area contributed by atoms with Gasteiger partial charge < -0.3 is 10.1 Å². The van der Waals surface area contributed by atoms with Crippen LogP contribution in [0.25, 0.3) is 0 Å². The normalized spacial score (nSPS) is 12.2. The molecule has 0 heterocycles. The molecule has 0 aliphatic heterocycles. The van der Waals surface area contributed by atoms with Gasteiger partial charge in [0, 0.05) is 11.6 Å². The number of ether oxygens (including phenoxy) is 1. The van der Waals surface area contributed by atoms with E-state index in [-0.39, 0.29) is 0 Å². The monoisotopic (exact) mass is 233 g/mol. The molecule has 0 saturated heterocycles. The Labute approximate surface area is 105 Å². The van der Waals surface area contributed by atoms with E-state index in [1.165, 1.54) is 11.1 Å². The Kier molecular flexibility index (Phi) is 5.78. The summed E-state index contributed by atoms with van der Waals surface area (Å²) < 4.78 is 5.46. The van der Waals surface area contributed by atoms with E-state index in [0.29, 0.717) is 6.04 Å². The maximum absolute atomic E-state index is 5.46. The number of methoxy groups -OCH3 is 1. The van der Waals surface area contributed by atoms with Gasteiger partial charge in [0.1, 0.15) is 5.75 Å². The summed E-state index contributed by atoms with van der Waals surface area (Å²) in [6.07, 6.45) is 3.99. The van der Waals surface area contributed by atoms with E-state index >= 15 is 0 Å². The van der Waals surface area contributed by atoms with Crippen molar-refractivity contribution in [3.63, 3.8) is 0 Å². The van der Waals surface area contributed by atoms with Gasteiger partial charge in [-0.15, -0.1) is 6.58 Å². The summed E-state index contributed by atoms with van der Waals surface area (Å²) in [4.78, 5) is 0. The SMILES string of the molecule is C=CCC(NCCC)c1ccc(C)cc1OC. The predicted molar refractivity (Wildman–Crippen MR) is 73.6 cm³/mol. The van der Waals surface area contributed by atoms with Crippen LogP contribution < -0.4 is 10.1 Å².